The highest BCUT2D eigenvalue weighted by atomic mass is 16.6. The van der Waals surface area contributed by atoms with Crippen LogP contribution < -0.4 is 10.2 Å². The van der Waals surface area contributed by atoms with Gasteiger partial charge >= 0.3 is 0 Å². The average Bonchev–Trinajstić information content (AvgIpc) is 1.65. The molecule has 0 radical (unpaired) electrons. The van der Waals surface area contributed by atoms with E-state index in [2.05, 4.69) is 27.7 Å². The maximum atomic E-state index is 8.33. The second-order valence-corrected chi connectivity index (χ2v) is 1.66. The predicted molar refractivity (Wildman–Crippen MR) is 37.3 cm³/mol. The molecule has 0 atom stereocenters. The predicted octanol–water partition coefficient (Wildman–Crippen LogP) is 0.386. The second kappa shape index (κ2) is 24.0. The minimum absolute atomic E-state index is 1.25. The number of rotatable bonds is 0. The van der Waals surface area contributed by atoms with Gasteiger partial charge in [-0.1, -0.05) is 40.5 Å². The molecular formula is C7H16O3-2. The fourth-order valence-corrected chi connectivity index (χ4v) is 0. The Morgan fingerprint density at radius 3 is 1.00 bits per heavy atom. The van der Waals surface area contributed by atoms with E-state index in [1.54, 1.807) is 0 Å². The minimum Gasteiger partial charge on any atom is -0.652 e. The number of carbonyl (C=O) groups is 1. The van der Waals surface area contributed by atoms with Crippen LogP contribution in [0.5, 0.6) is 0 Å². The van der Waals surface area contributed by atoms with Crippen LogP contribution in [0.25, 0.3) is 0 Å². The van der Waals surface area contributed by atoms with Crippen molar-refractivity contribution < 1.29 is 15.0 Å². The van der Waals surface area contributed by atoms with E-state index in [1.807, 2.05) is 0 Å². The molecular weight excluding hydrogens is 132 g/mol. The van der Waals surface area contributed by atoms with E-state index in [9.17, 15) is 0 Å². The molecule has 64 valence electrons. The molecule has 0 saturated carbocycles. The molecule has 0 amide bonds. The van der Waals surface area contributed by atoms with E-state index in [4.69, 9.17) is 15.0 Å². The lowest BCUT2D eigenvalue weighted by atomic mass is 10.6. The van der Waals surface area contributed by atoms with Crippen molar-refractivity contribution in [3.8, 4) is 0 Å². The first-order valence-electron chi connectivity index (χ1n) is 3.44. The third-order valence-corrected chi connectivity index (χ3v) is 0. The zero-order valence-electron chi connectivity index (χ0n) is 7.14. The van der Waals surface area contributed by atoms with E-state index < -0.39 is 6.16 Å². The van der Waals surface area contributed by atoms with Gasteiger partial charge in [0.05, 0.1) is 0 Å². The van der Waals surface area contributed by atoms with E-state index in [-0.39, 0.29) is 0 Å². The van der Waals surface area contributed by atoms with Gasteiger partial charge in [0.1, 0.15) is 0 Å². The Morgan fingerprint density at radius 2 is 1.00 bits per heavy atom. The van der Waals surface area contributed by atoms with Gasteiger partial charge in [-0.15, -0.1) is 0 Å². The molecule has 0 fully saturated rings. The van der Waals surface area contributed by atoms with E-state index in [0.717, 1.165) is 0 Å². The fraction of sp³-hybridized carbons (Fsp3) is 0.857. The van der Waals surface area contributed by atoms with Gasteiger partial charge in [0.25, 0.3) is 0 Å². The van der Waals surface area contributed by atoms with Gasteiger partial charge in [-0.3, -0.25) is 0 Å². The molecule has 0 unspecified atom stereocenters. The molecule has 0 heterocycles. The van der Waals surface area contributed by atoms with Crippen LogP contribution in [0, 0.1) is 0 Å². The summed E-state index contributed by atoms with van der Waals surface area (Å²) >= 11 is 0. The van der Waals surface area contributed by atoms with Gasteiger partial charge in [-0.05, 0) is 6.16 Å². The van der Waals surface area contributed by atoms with Crippen LogP contribution in [-0.4, -0.2) is 6.16 Å². The van der Waals surface area contributed by atoms with Crippen LogP contribution in [0.4, 0.5) is 4.79 Å². The molecule has 0 aromatic heterocycles. The summed E-state index contributed by atoms with van der Waals surface area (Å²) < 4.78 is 0. The Hall–Kier alpha value is -0.730. The first kappa shape index (κ1) is 16.1. The summed E-state index contributed by atoms with van der Waals surface area (Å²) in [5, 5.41) is 16.7. The van der Waals surface area contributed by atoms with Crippen molar-refractivity contribution in [1.29, 1.82) is 0 Å². The molecule has 0 aliphatic rings. The molecule has 0 spiro atoms. The van der Waals surface area contributed by atoms with Gasteiger partial charge < -0.3 is 15.0 Å². The van der Waals surface area contributed by atoms with E-state index >= 15 is 0 Å². The molecule has 0 aromatic rings. The van der Waals surface area contributed by atoms with Gasteiger partial charge in [0.2, 0.25) is 0 Å². The summed E-state index contributed by atoms with van der Waals surface area (Å²) in [5.41, 5.74) is 0. The highest BCUT2D eigenvalue weighted by Crippen LogP contribution is 1.56. The molecule has 10 heavy (non-hydrogen) atoms. The Labute approximate surface area is 62.7 Å². The fourth-order valence-electron chi connectivity index (χ4n) is 0. The van der Waals surface area contributed by atoms with Gasteiger partial charge in [0.15, 0.2) is 0 Å². The standard InChI is InChI=1S/2C3H8.CH2O3/c2*1-3-2;2-1(3)4/h2*3H2,1-2H3;(H2,2,3,4)/p-2. The van der Waals surface area contributed by atoms with Crippen molar-refractivity contribution in [3.63, 3.8) is 0 Å². The smallest absolute Gasteiger partial charge is 0.0431 e. The lowest BCUT2D eigenvalue weighted by Gasteiger charge is -1.96. The Kier molecular flexibility index (Phi) is 38.7. The largest absolute Gasteiger partial charge is 0.652 e. The maximum Gasteiger partial charge on any atom is -0.0431 e. The Morgan fingerprint density at radius 1 is 1.00 bits per heavy atom. The summed E-state index contributed by atoms with van der Waals surface area (Å²) in [6.07, 6.45) is 0.167. The van der Waals surface area contributed by atoms with Crippen molar-refractivity contribution in [2.75, 3.05) is 0 Å². The SMILES string of the molecule is CCC.CCC.O=C([O-])[O-]. The summed E-state index contributed by atoms with van der Waals surface area (Å²) in [6, 6.07) is 0. The quantitative estimate of drug-likeness (QED) is 0.499. The topological polar surface area (TPSA) is 63.2 Å². The molecule has 0 aliphatic carbocycles. The second-order valence-electron chi connectivity index (χ2n) is 1.66. The van der Waals surface area contributed by atoms with Crippen LogP contribution in [-0.2, 0) is 0 Å². The number of carbonyl (C=O) groups excluding carboxylic acids is 1. The molecule has 0 saturated heterocycles. The number of hydrogen-bond acceptors (Lipinski definition) is 3. The maximum absolute atomic E-state index is 8.33. The summed E-state index contributed by atoms with van der Waals surface area (Å²) in [7, 11) is 0. The highest BCUT2D eigenvalue weighted by Gasteiger charge is 1.36. The van der Waals surface area contributed by atoms with Crippen molar-refractivity contribution in [1.82, 2.24) is 0 Å². The van der Waals surface area contributed by atoms with Crippen molar-refractivity contribution in [3.05, 3.63) is 0 Å². The van der Waals surface area contributed by atoms with E-state index in [0.29, 0.717) is 0 Å². The van der Waals surface area contributed by atoms with Gasteiger partial charge in [0, 0.05) is 0 Å². The monoisotopic (exact) mass is 148 g/mol. The van der Waals surface area contributed by atoms with Crippen LogP contribution in [0.1, 0.15) is 40.5 Å². The van der Waals surface area contributed by atoms with Crippen LogP contribution >= 0.6 is 0 Å². The zero-order valence-corrected chi connectivity index (χ0v) is 7.14. The molecule has 0 bridgehead atoms. The Balaban J connectivity index is -0.0000000750. The van der Waals surface area contributed by atoms with E-state index in [1.165, 1.54) is 12.8 Å². The molecule has 0 aliphatic heterocycles. The average molecular weight is 148 g/mol. The third-order valence-electron chi connectivity index (χ3n) is 0. The van der Waals surface area contributed by atoms with Gasteiger partial charge in [-0.2, -0.15) is 0 Å². The molecule has 3 nitrogen and oxygen atoms in total. The normalized spacial score (nSPS) is 6.00. The first-order valence-corrected chi connectivity index (χ1v) is 3.44. The molecule has 0 aromatic carbocycles. The van der Waals surface area contributed by atoms with Crippen molar-refractivity contribution in [2.45, 2.75) is 40.5 Å². The summed E-state index contributed by atoms with van der Waals surface area (Å²) in [5.74, 6) is 0. The Bertz CT molecular complexity index is 46.8. The molecule has 0 rings (SSSR count). The lowest BCUT2D eigenvalue weighted by Crippen LogP contribution is -2.37. The number of hydrogen-bond donors (Lipinski definition) is 0. The third kappa shape index (κ3) is 536. The van der Waals surface area contributed by atoms with Gasteiger partial charge in [-0.25, -0.2) is 0 Å². The first-order chi connectivity index (χ1) is 4.56. The minimum atomic E-state index is -2.33. The van der Waals surface area contributed by atoms with Crippen LogP contribution in [0.15, 0.2) is 0 Å². The lowest BCUT2D eigenvalue weighted by molar-refractivity contribution is -0.415. The molecule has 0 N–H and O–H groups in total. The van der Waals surface area contributed by atoms with Crippen LogP contribution in [0.3, 0.4) is 0 Å². The highest BCUT2D eigenvalue weighted by molar-refractivity contribution is 5.47. The molecule has 3 heteroatoms. The van der Waals surface area contributed by atoms with Crippen LogP contribution in [0.2, 0.25) is 0 Å². The van der Waals surface area contributed by atoms with Crippen molar-refractivity contribution >= 4 is 6.16 Å². The summed E-state index contributed by atoms with van der Waals surface area (Å²) in [6.45, 7) is 8.50. The number of carboxylic acid groups (broad SMARTS) is 2. The van der Waals surface area contributed by atoms with Crippen molar-refractivity contribution in [2.24, 2.45) is 0 Å². The summed E-state index contributed by atoms with van der Waals surface area (Å²) in [4.78, 5) is 8.33. The zero-order chi connectivity index (χ0) is 8.99.